The molecule has 4 rings (SSSR count). The van der Waals surface area contributed by atoms with Gasteiger partial charge in [0.1, 0.15) is 11.7 Å². The standard InChI is InChI=1S/C21H23N5O4/c1-2-30-15-10-12(6-7-14(15)27)16-13(11-22)19(28)23-18-17(16)20(29)25-21(24-18)26-8-4-3-5-9-26/h6-7,10,13,16,27H,2-5,8-9H2,1H3,(H2,23,24,25,28,29). The number of hydrogen-bond donors (Lipinski definition) is 3. The molecule has 1 saturated heterocycles. The second kappa shape index (κ2) is 8.06. The number of carbonyl (C=O) groups excluding carboxylic acids is 1. The largest absolute Gasteiger partial charge is 0.504 e. The number of phenols is 1. The average Bonchev–Trinajstić information content (AvgIpc) is 2.75. The normalized spacial score (nSPS) is 20.8. The number of rotatable bonds is 4. The number of piperidine rings is 1. The maximum absolute atomic E-state index is 13.1. The number of fused-ring (bicyclic) bond motifs is 1. The summed E-state index contributed by atoms with van der Waals surface area (Å²) in [6.45, 7) is 3.69. The summed E-state index contributed by atoms with van der Waals surface area (Å²) in [5.41, 5.74) is 0.365. The van der Waals surface area contributed by atoms with E-state index in [-0.39, 0.29) is 22.9 Å². The number of aromatic hydroxyl groups is 1. The van der Waals surface area contributed by atoms with E-state index < -0.39 is 23.3 Å². The number of anilines is 2. The van der Waals surface area contributed by atoms with E-state index in [1.54, 1.807) is 19.1 Å². The molecule has 3 N–H and O–H groups in total. The van der Waals surface area contributed by atoms with Gasteiger partial charge in [0.05, 0.1) is 18.2 Å². The summed E-state index contributed by atoms with van der Waals surface area (Å²) >= 11 is 0. The van der Waals surface area contributed by atoms with Crippen molar-refractivity contribution in [2.45, 2.75) is 32.1 Å². The Bertz CT molecular complexity index is 1070. The van der Waals surface area contributed by atoms with Gasteiger partial charge in [0, 0.05) is 19.0 Å². The van der Waals surface area contributed by atoms with Crippen LogP contribution in [0.4, 0.5) is 11.8 Å². The monoisotopic (exact) mass is 409 g/mol. The zero-order valence-electron chi connectivity index (χ0n) is 16.6. The molecule has 2 atom stereocenters. The molecular weight excluding hydrogens is 386 g/mol. The molecule has 0 bridgehead atoms. The summed E-state index contributed by atoms with van der Waals surface area (Å²) in [5, 5.41) is 22.3. The van der Waals surface area contributed by atoms with Gasteiger partial charge in [-0.2, -0.15) is 10.2 Å². The van der Waals surface area contributed by atoms with E-state index in [9.17, 15) is 20.0 Å². The van der Waals surface area contributed by atoms with Crippen molar-refractivity contribution >= 4 is 17.7 Å². The van der Waals surface area contributed by atoms with Gasteiger partial charge in [-0.05, 0) is 43.9 Å². The molecule has 1 amide bonds. The molecule has 0 saturated carbocycles. The molecule has 0 spiro atoms. The maximum atomic E-state index is 13.1. The van der Waals surface area contributed by atoms with E-state index in [0.717, 1.165) is 32.4 Å². The molecule has 1 aromatic heterocycles. The average molecular weight is 409 g/mol. The van der Waals surface area contributed by atoms with Gasteiger partial charge in [-0.25, -0.2) is 0 Å². The molecule has 2 aliphatic rings. The van der Waals surface area contributed by atoms with Crippen molar-refractivity contribution in [1.82, 2.24) is 9.97 Å². The zero-order valence-corrected chi connectivity index (χ0v) is 16.6. The van der Waals surface area contributed by atoms with Gasteiger partial charge in [-0.15, -0.1) is 0 Å². The molecule has 3 heterocycles. The van der Waals surface area contributed by atoms with Gasteiger partial charge < -0.3 is 20.1 Å². The Morgan fingerprint density at radius 3 is 2.77 bits per heavy atom. The highest BCUT2D eigenvalue weighted by atomic mass is 16.5. The predicted octanol–water partition coefficient (Wildman–Crippen LogP) is 2.09. The van der Waals surface area contributed by atoms with Crippen LogP contribution in [0.15, 0.2) is 23.0 Å². The number of nitriles is 1. The first-order valence-corrected chi connectivity index (χ1v) is 10.1. The number of aromatic nitrogens is 2. The lowest BCUT2D eigenvalue weighted by Crippen LogP contribution is -2.40. The third-order valence-electron chi connectivity index (χ3n) is 5.55. The quantitative estimate of drug-likeness (QED) is 0.704. The van der Waals surface area contributed by atoms with Crippen molar-refractivity contribution in [3.05, 3.63) is 39.7 Å². The van der Waals surface area contributed by atoms with Crippen LogP contribution in [0.2, 0.25) is 0 Å². The number of nitrogens with one attached hydrogen (secondary N) is 2. The Hall–Kier alpha value is -3.54. The minimum atomic E-state index is -1.11. The molecule has 2 aromatic rings. The number of H-pyrrole nitrogens is 1. The minimum absolute atomic E-state index is 0.0536. The van der Waals surface area contributed by atoms with Gasteiger partial charge >= 0.3 is 0 Å². The topological polar surface area (TPSA) is 131 Å². The number of ether oxygens (including phenoxy) is 1. The zero-order chi connectivity index (χ0) is 21.3. The summed E-state index contributed by atoms with van der Waals surface area (Å²) < 4.78 is 5.44. The highest BCUT2D eigenvalue weighted by molar-refractivity contribution is 5.98. The minimum Gasteiger partial charge on any atom is -0.504 e. The second-order valence-electron chi connectivity index (χ2n) is 7.43. The third-order valence-corrected chi connectivity index (χ3v) is 5.55. The van der Waals surface area contributed by atoms with Crippen molar-refractivity contribution in [3.8, 4) is 17.6 Å². The van der Waals surface area contributed by atoms with E-state index in [2.05, 4.69) is 15.3 Å². The first kappa shape index (κ1) is 19.8. The van der Waals surface area contributed by atoms with E-state index in [1.807, 2.05) is 11.0 Å². The molecule has 30 heavy (non-hydrogen) atoms. The lowest BCUT2D eigenvalue weighted by Gasteiger charge is -2.31. The van der Waals surface area contributed by atoms with Crippen molar-refractivity contribution in [3.63, 3.8) is 0 Å². The van der Waals surface area contributed by atoms with Gasteiger partial charge in [-0.3, -0.25) is 14.6 Å². The summed E-state index contributed by atoms with van der Waals surface area (Å²) in [6.07, 6.45) is 3.16. The lowest BCUT2D eigenvalue weighted by atomic mass is 9.79. The molecule has 2 unspecified atom stereocenters. The van der Waals surface area contributed by atoms with Crippen LogP contribution in [-0.4, -0.2) is 40.7 Å². The van der Waals surface area contributed by atoms with Crippen molar-refractivity contribution in [2.75, 3.05) is 29.9 Å². The van der Waals surface area contributed by atoms with Gasteiger partial charge in [0.2, 0.25) is 11.9 Å². The Labute approximate surface area is 173 Å². The molecule has 1 fully saturated rings. The Balaban J connectivity index is 1.83. The van der Waals surface area contributed by atoms with E-state index in [1.165, 1.54) is 6.07 Å². The lowest BCUT2D eigenvalue weighted by molar-refractivity contribution is -0.119. The summed E-state index contributed by atoms with van der Waals surface area (Å²) in [6, 6.07) is 6.60. The van der Waals surface area contributed by atoms with Crippen molar-refractivity contribution in [1.29, 1.82) is 5.26 Å². The molecule has 1 aromatic carbocycles. The Kier molecular flexibility index (Phi) is 5.31. The SMILES string of the molecule is CCOc1cc(C2c3c(nc(N4CCCCC4)[nH]c3=O)NC(=O)C2C#N)ccc1O. The predicted molar refractivity (Wildman–Crippen MR) is 110 cm³/mol. The van der Waals surface area contributed by atoms with Gasteiger partial charge in [0.15, 0.2) is 11.5 Å². The van der Waals surface area contributed by atoms with Crippen molar-refractivity contribution in [2.24, 2.45) is 5.92 Å². The third kappa shape index (κ3) is 3.45. The number of nitrogens with zero attached hydrogens (tertiary/aromatic N) is 3. The van der Waals surface area contributed by atoms with Gasteiger partial charge in [-0.1, -0.05) is 6.07 Å². The number of benzene rings is 1. The smallest absolute Gasteiger partial charge is 0.258 e. The number of amides is 1. The Morgan fingerprint density at radius 2 is 2.07 bits per heavy atom. The van der Waals surface area contributed by atoms with Crippen LogP contribution in [-0.2, 0) is 4.79 Å². The molecule has 156 valence electrons. The number of aromatic amines is 1. The van der Waals surface area contributed by atoms with Crippen LogP contribution < -0.4 is 20.5 Å². The Morgan fingerprint density at radius 1 is 1.30 bits per heavy atom. The van der Waals surface area contributed by atoms with E-state index >= 15 is 0 Å². The van der Waals surface area contributed by atoms with Crippen molar-refractivity contribution < 1.29 is 14.6 Å². The first-order valence-electron chi connectivity index (χ1n) is 10.1. The van der Waals surface area contributed by atoms with Crippen LogP contribution >= 0.6 is 0 Å². The first-order chi connectivity index (χ1) is 14.5. The number of hydrogen-bond acceptors (Lipinski definition) is 7. The molecular formula is C21H23N5O4. The number of phenolic OH excluding ortho intramolecular Hbond substituents is 1. The molecule has 0 aliphatic carbocycles. The molecule has 0 radical (unpaired) electrons. The summed E-state index contributed by atoms with van der Waals surface area (Å²) in [4.78, 5) is 35.1. The van der Waals surface area contributed by atoms with Crippen LogP contribution in [0.25, 0.3) is 0 Å². The van der Waals surface area contributed by atoms with E-state index in [4.69, 9.17) is 4.74 Å². The fourth-order valence-electron chi connectivity index (χ4n) is 4.11. The molecule has 9 heteroatoms. The second-order valence-corrected chi connectivity index (χ2v) is 7.43. The van der Waals surface area contributed by atoms with E-state index in [0.29, 0.717) is 18.1 Å². The van der Waals surface area contributed by atoms with Crippen LogP contribution in [0.3, 0.4) is 0 Å². The fourth-order valence-corrected chi connectivity index (χ4v) is 4.11. The van der Waals surface area contributed by atoms with Crippen LogP contribution in [0, 0.1) is 17.2 Å². The highest BCUT2D eigenvalue weighted by Crippen LogP contribution is 2.41. The summed E-state index contributed by atoms with van der Waals surface area (Å²) in [7, 11) is 0. The fraction of sp³-hybridized carbons (Fsp3) is 0.429. The van der Waals surface area contributed by atoms with Crippen LogP contribution in [0.1, 0.15) is 43.2 Å². The summed E-state index contributed by atoms with van der Waals surface area (Å²) in [5.74, 6) is -1.68. The maximum Gasteiger partial charge on any atom is 0.258 e. The highest BCUT2D eigenvalue weighted by Gasteiger charge is 2.40. The molecule has 9 nitrogen and oxygen atoms in total. The number of carbonyl (C=O) groups is 1. The van der Waals surface area contributed by atoms with Crippen LogP contribution in [0.5, 0.6) is 11.5 Å². The molecule has 2 aliphatic heterocycles. The van der Waals surface area contributed by atoms with Gasteiger partial charge in [0.25, 0.3) is 5.56 Å².